The summed E-state index contributed by atoms with van der Waals surface area (Å²) in [6.45, 7) is 3.74. The molecule has 5 nitrogen and oxygen atoms in total. The van der Waals surface area contributed by atoms with Crippen LogP contribution in [-0.2, 0) is 0 Å². The second-order valence-corrected chi connectivity index (χ2v) is 5.46. The maximum absolute atomic E-state index is 12.2. The first-order valence-electron chi connectivity index (χ1n) is 7.10. The van der Waals surface area contributed by atoms with E-state index in [0.29, 0.717) is 16.3 Å². The number of hydrogen-bond donors (Lipinski definition) is 2. The highest BCUT2D eigenvalue weighted by atomic mass is 35.5. The Labute approximate surface area is 139 Å². The molecular formula is C17H17ClN2O3. The normalized spacial score (nSPS) is 10.3. The van der Waals surface area contributed by atoms with E-state index >= 15 is 0 Å². The second kappa shape index (κ2) is 7.65. The lowest BCUT2D eigenvalue weighted by molar-refractivity contribution is 0.0843. The molecule has 0 atom stereocenters. The van der Waals surface area contributed by atoms with E-state index in [1.54, 1.807) is 48.5 Å². The predicted octanol–water partition coefficient (Wildman–Crippen LogP) is 3.20. The lowest BCUT2D eigenvalue weighted by Gasteiger charge is -2.14. The van der Waals surface area contributed by atoms with Crippen LogP contribution in [0.3, 0.4) is 0 Å². The average molecular weight is 333 g/mol. The number of carbonyl (C=O) groups is 2. The number of nitrogens with one attached hydrogen (secondary N) is 2. The minimum Gasteiger partial charge on any atom is -0.490 e. The van der Waals surface area contributed by atoms with Gasteiger partial charge in [-0.2, -0.15) is 0 Å². The Morgan fingerprint density at radius 3 is 2.04 bits per heavy atom. The van der Waals surface area contributed by atoms with Gasteiger partial charge < -0.3 is 4.74 Å². The van der Waals surface area contributed by atoms with Crippen LogP contribution in [0, 0.1) is 0 Å². The van der Waals surface area contributed by atoms with Crippen LogP contribution in [0.2, 0.25) is 5.02 Å². The third-order valence-electron chi connectivity index (χ3n) is 2.90. The van der Waals surface area contributed by atoms with Crippen LogP contribution in [-0.4, -0.2) is 17.9 Å². The number of amides is 2. The molecule has 6 heteroatoms. The van der Waals surface area contributed by atoms with Gasteiger partial charge in [-0.3, -0.25) is 20.4 Å². The van der Waals surface area contributed by atoms with Gasteiger partial charge in [0.2, 0.25) is 0 Å². The lowest BCUT2D eigenvalue weighted by atomic mass is 10.2. The summed E-state index contributed by atoms with van der Waals surface area (Å²) in [6.07, 6.45) is -0.0679. The summed E-state index contributed by atoms with van der Waals surface area (Å²) < 4.78 is 5.58. The molecule has 2 N–H and O–H groups in total. The summed E-state index contributed by atoms with van der Waals surface area (Å²) in [6, 6.07) is 13.4. The van der Waals surface area contributed by atoms with Gasteiger partial charge in [-0.25, -0.2) is 0 Å². The number of hydrazine groups is 1. The number of halogens is 1. The van der Waals surface area contributed by atoms with Crippen molar-refractivity contribution in [2.45, 2.75) is 20.0 Å². The smallest absolute Gasteiger partial charge is 0.273 e. The number of ether oxygens (including phenoxy) is 1. The average Bonchev–Trinajstić information content (AvgIpc) is 2.52. The minimum atomic E-state index is -0.494. The maximum Gasteiger partial charge on any atom is 0.273 e. The molecule has 2 aromatic rings. The van der Waals surface area contributed by atoms with Crippen LogP contribution in [0.5, 0.6) is 5.75 Å². The molecule has 0 aliphatic rings. The summed E-state index contributed by atoms with van der Waals surface area (Å²) >= 11 is 5.94. The van der Waals surface area contributed by atoms with E-state index in [-0.39, 0.29) is 11.7 Å². The summed E-state index contributed by atoms with van der Waals surface area (Å²) in [4.78, 5) is 24.3. The third kappa shape index (κ3) is 4.47. The fourth-order valence-corrected chi connectivity index (χ4v) is 2.13. The fraction of sp³-hybridized carbons (Fsp3) is 0.176. The Kier molecular flexibility index (Phi) is 5.60. The van der Waals surface area contributed by atoms with Crippen molar-refractivity contribution >= 4 is 23.4 Å². The number of para-hydroxylation sites is 1. The van der Waals surface area contributed by atoms with E-state index in [4.69, 9.17) is 16.3 Å². The predicted molar refractivity (Wildman–Crippen MR) is 88.6 cm³/mol. The molecule has 0 aliphatic carbocycles. The van der Waals surface area contributed by atoms with E-state index < -0.39 is 11.8 Å². The SMILES string of the molecule is CC(C)Oc1ccccc1C(=O)NNC(=O)c1ccccc1Cl. The number of rotatable bonds is 4. The molecule has 0 saturated heterocycles. The molecule has 120 valence electrons. The number of hydrogen-bond acceptors (Lipinski definition) is 3. The molecule has 0 aromatic heterocycles. The van der Waals surface area contributed by atoms with E-state index in [9.17, 15) is 9.59 Å². The van der Waals surface area contributed by atoms with Crippen molar-refractivity contribution in [2.75, 3.05) is 0 Å². The Morgan fingerprint density at radius 1 is 0.913 bits per heavy atom. The Balaban J connectivity index is 2.06. The minimum absolute atomic E-state index is 0.0679. The van der Waals surface area contributed by atoms with E-state index in [1.165, 1.54) is 0 Å². The van der Waals surface area contributed by atoms with Gasteiger partial charge in [-0.05, 0) is 38.1 Å². The number of carbonyl (C=O) groups excluding carboxylic acids is 2. The Hall–Kier alpha value is -2.53. The Bertz CT molecular complexity index is 716. The Morgan fingerprint density at radius 2 is 1.43 bits per heavy atom. The zero-order valence-electron chi connectivity index (χ0n) is 12.8. The fourth-order valence-electron chi connectivity index (χ4n) is 1.90. The molecule has 2 amide bonds. The second-order valence-electron chi connectivity index (χ2n) is 5.05. The lowest BCUT2D eigenvalue weighted by Crippen LogP contribution is -2.41. The topological polar surface area (TPSA) is 67.4 Å². The van der Waals surface area contributed by atoms with Gasteiger partial charge in [-0.1, -0.05) is 35.9 Å². The molecular weight excluding hydrogens is 316 g/mol. The first kappa shape index (κ1) is 16.8. The molecule has 0 unspecified atom stereocenters. The van der Waals surface area contributed by atoms with Gasteiger partial charge in [0.1, 0.15) is 5.75 Å². The van der Waals surface area contributed by atoms with Crippen molar-refractivity contribution in [3.8, 4) is 5.75 Å². The molecule has 0 bridgehead atoms. The van der Waals surface area contributed by atoms with Crippen LogP contribution in [0.25, 0.3) is 0 Å². The highest BCUT2D eigenvalue weighted by molar-refractivity contribution is 6.33. The first-order chi connectivity index (χ1) is 11.0. The zero-order valence-corrected chi connectivity index (χ0v) is 13.6. The van der Waals surface area contributed by atoms with Crippen LogP contribution < -0.4 is 15.6 Å². The molecule has 0 saturated carbocycles. The summed E-state index contributed by atoms with van der Waals surface area (Å²) in [5.41, 5.74) is 5.31. The zero-order chi connectivity index (χ0) is 16.8. The summed E-state index contributed by atoms with van der Waals surface area (Å²) in [5, 5.41) is 0.308. The maximum atomic E-state index is 12.2. The largest absolute Gasteiger partial charge is 0.490 e. The van der Waals surface area contributed by atoms with E-state index in [2.05, 4.69) is 10.9 Å². The number of benzene rings is 2. The summed E-state index contributed by atoms with van der Waals surface area (Å²) in [5.74, 6) is -0.514. The van der Waals surface area contributed by atoms with Gasteiger partial charge in [0.25, 0.3) is 11.8 Å². The van der Waals surface area contributed by atoms with Crippen LogP contribution >= 0.6 is 11.6 Å². The van der Waals surface area contributed by atoms with Gasteiger partial charge in [0.05, 0.1) is 22.3 Å². The van der Waals surface area contributed by atoms with Crippen molar-refractivity contribution in [3.05, 3.63) is 64.7 Å². The van der Waals surface area contributed by atoms with Crippen LogP contribution in [0.1, 0.15) is 34.6 Å². The molecule has 2 aromatic carbocycles. The first-order valence-corrected chi connectivity index (χ1v) is 7.47. The van der Waals surface area contributed by atoms with Gasteiger partial charge in [-0.15, -0.1) is 0 Å². The van der Waals surface area contributed by atoms with Gasteiger partial charge in [0.15, 0.2) is 0 Å². The molecule has 0 spiro atoms. The molecule has 0 heterocycles. The summed E-state index contributed by atoms with van der Waals surface area (Å²) in [7, 11) is 0. The van der Waals surface area contributed by atoms with Crippen molar-refractivity contribution in [1.82, 2.24) is 10.9 Å². The van der Waals surface area contributed by atoms with E-state index in [0.717, 1.165) is 0 Å². The molecule has 2 rings (SSSR count). The molecule has 23 heavy (non-hydrogen) atoms. The van der Waals surface area contributed by atoms with Gasteiger partial charge in [0, 0.05) is 0 Å². The highest BCUT2D eigenvalue weighted by Gasteiger charge is 2.15. The molecule has 0 aliphatic heterocycles. The van der Waals surface area contributed by atoms with Crippen molar-refractivity contribution < 1.29 is 14.3 Å². The van der Waals surface area contributed by atoms with Gasteiger partial charge >= 0.3 is 0 Å². The molecule has 0 radical (unpaired) electrons. The monoisotopic (exact) mass is 332 g/mol. The molecule has 0 fully saturated rings. The van der Waals surface area contributed by atoms with E-state index in [1.807, 2.05) is 13.8 Å². The quantitative estimate of drug-likeness (QED) is 0.845. The third-order valence-corrected chi connectivity index (χ3v) is 3.23. The standard InChI is InChI=1S/C17H17ClN2O3/c1-11(2)23-15-10-6-4-8-13(15)17(22)20-19-16(21)12-7-3-5-9-14(12)18/h3-11H,1-2H3,(H,19,21)(H,20,22). The van der Waals surface area contributed by atoms with Crippen molar-refractivity contribution in [1.29, 1.82) is 0 Å². The van der Waals surface area contributed by atoms with Crippen LogP contribution in [0.4, 0.5) is 0 Å². The van der Waals surface area contributed by atoms with Crippen LogP contribution in [0.15, 0.2) is 48.5 Å². The highest BCUT2D eigenvalue weighted by Crippen LogP contribution is 2.19. The van der Waals surface area contributed by atoms with Crippen molar-refractivity contribution in [3.63, 3.8) is 0 Å². The van der Waals surface area contributed by atoms with Crippen molar-refractivity contribution in [2.24, 2.45) is 0 Å².